The van der Waals surface area contributed by atoms with Gasteiger partial charge in [0.2, 0.25) is 0 Å². The van der Waals surface area contributed by atoms with Crippen LogP contribution in [0.1, 0.15) is 23.1 Å². The van der Waals surface area contributed by atoms with Crippen molar-refractivity contribution >= 4 is 12.0 Å². The number of carboxylic acids is 1. The van der Waals surface area contributed by atoms with Crippen molar-refractivity contribution in [3.63, 3.8) is 0 Å². The van der Waals surface area contributed by atoms with Crippen molar-refractivity contribution in [2.75, 3.05) is 13.1 Å². The van der Waals surface area contributed by atoms with E-state index in [4.69, 9.17) is 9.84 Å². The number of rotatable bonds is 6. The standard InChI is InChI=1S/C21H24N2O4/c1-15-3-2-4-17(11-15)14-27-19-7-5-16(6-8-19)12-22-21(26)23-10-9-18(13-23)20(24)25/h2-8,11,18H,9-10,12-14H2,1H3,(H,22,26)(H,24,25). The Labute approximate surface area is 158 Å². The molecule has 1 fully saturated rings. The van der Waals surface area contributed by atoms with Crippen LogP contribution >= 0.6 is 0 Å². The highest BCUT2D eigenvalue weighted by atomic mass is 16.5. The molecule has 1 atom stereocenters. The molecule has 1 aliphatic rings. The fourth-order valence-electron chi connectivity index (χ4n) is 3.11. The summed E-state index contributed by atoms with van der Waals surface area (Å²) in [6.45, 7) is 3.71. The Hall–Kier alpha value is -3.02. The van der Waals surface area contributed by atoms with Gasteiger partial charge in [0.05, 0.1) is 5.92 Å². The summed E-state index contributed by atoms with van der Waals surface area (Å²) in [6, 6.07) is 15.6. The molecule has 0 saturated carbocycles. The first-order valence-electron chi connectivity index (χ1n) is 9.04. The SMILES string of the molecule is Cc1cccc(COc2ccc(CNC(=O)N3CCC(C(=O)O)C3)cc2)c1. The number of nitrogens with one attached hydrogen (secondary N) is 1. The monoisotopic (exact) mass is 368 g/mol. The van der Waals surface area contributed by atoms with Crippen LogP contribution in [0, 0.1) is 12.8 Å². The molecule has 0 spiro atoms. The zero-order valence-corrected chi connectivity index (χ0v) is 15.4. The van der Waals surface area contributed by atoms with Crippen LogP contribution in [0.5, 0.6) is 5.75 Å². The van der Waals surface area contributed by atoms with Gasteiger partial charge in [0.1, 0.15) is 12.4 Å². The summed E-state index contributed by atoms with van der Waals surface area (Å²) in [5.41, 5.74) is 3.28. The summed E-state index contributed by atoms with van der Waals surface area (Å²) < 4.78 is 5.79. The largest absolute Gasteiger partial charge is 0.489 e. The lowest BCUT2D eigenvalue weighted by atomic mass is 10.1. The first kappa shape index (κ1) is 18.8. The average molecular weight is 368 g/mol. The number of likely N-dealkylation sites (tertiary alicyclic amines) is 1. The Morgan fingerprint density at radius 3 is 2.63 bits per heavy atom. The minimum Gasteiger partial charge on any atom is -0.489 e. The minimum atomic E-state index is -0.841. The number of nitrogens with zero attached hydrogens (tertiary/aromatic N) is 1. The lowest BCUT2D eigenvalue weighted by molar-refractivity contribution is -0.141. The quantitative estimate of drug-likeness (QED) is 0.821. The number of ether oxygens (including phenoxy) is 1. The number of aryl methyl sites for hydroxylation is 1. The molecule has 1 saturated heterocycles. The Kier molecular flexibility index (Phi) is 5.96. The van der Waals surface area contributed by atoms with E-state index in [0.29, 0.717) is 26.1 Å². The van der Waals surface area contributed by atoms with E-state index in [-0.39, 0.29) is 12.6 Å². The summed E-state index contributed by atoms with van der Waals surface area (Å²) >= 11 is 0. The number of hydrogen-bond acceptors (Lipinski definition) is 3. The first-order valence-corrected chi connectivity index (χ1v) is 9.04. The number of carbonyl (C=O) groups is 2. The lowest BCUT2D eigenvalue weighted by Gasteiger charge is -2.16. The maximum absolute atomic E-state index is 12.1. The Bertz CT molecular complexity index is 804. The van der Waals surface area contributed by atoms with Crippen LogP contribution in [0.25, 0.3) is 0 Å². The van der Waals surface area contributed by atoms with E-state index in [2.05, 4.69) is 24.4 Å². The second-order valence-electron chi connectivity index (χ2n) is 6.85. The number of benzene rings is 2. The van der Waals surface area contributed by atoms with Gasteiger partial charge >= 0.3 is 12.0 Å². The third-order valence-corrected chi connectivity index (χ3v) is 4.68. The van der Waals surface area contributed by atoms with Gasteiger partial charge in [0.25, 0.3) is 0 Å². The number of carbonyl (C=O) groups excluding carboxylic acids is 1. The normalized spacial score (nSPS) is 16.2. The van der Waals surface area contributed by atoms with Crippen LogP contribution in [-0.2, 0) is 17.9 Å². The number of urea groups is 1. The minimum absolute atomic E-state index is 0.224. The van der Waals surface area contributed by atoms with Gasteiger partial charge in [-0.2, -0.15) is 0 Å². The number of amides is 2. The molecule has 0 aromatic heterocycles. The van der Waals surface area contributed by atoms with E-state index in [1.165, 1.54) is 5.56 Å². The number of carboxylic acid groups (broad SMARTS) is 1. The predicted octanol–water partition coefficient (Wildman–Crippen LogP) is 3.19. The van der Waals surface area contributed by atoms with Gasteiger partial charge in [0, 0.05) is 19.6 Å². The highest BCUT2D eigenvalue weighted by molar-refractivity contribution is 5.77. The summed E-state index contributed by atoms with van der Waals surface area (Å²) in [6.07, 6.45) is 0.510. The molecular formula is C21H24N2O4. The number of aliphatic carboxylic acids is 1. The van der Waals surface area contributed by atoms with E-state index < -0.39 is 11.9 Å². The molecule has 2 N–H and O–H groups in total. The topological polar surface area (TPSA) is 78.9 Å². The van der Waals surface area contributed by atoms with Crippen molar-refractivity contribution in [2.24, 2.45) is 5.92 Å². The molecule has 0 aliphatic carbocycles. The molecular weight excluding hydrogens is 344 g/mol. The fourth-order valence-corrected chi connectivity index (χ4v) is 3.11. The summed E-state index contributed by atoms with van der Waals surface area (Å²) in [4.78, 5) is 24.7. The van der Waals surface area contributed by atoms with E-state index in [1.807, 2.05) is 36.4 Å². The van der Waals surface area contributed by atoms with Crippen molar-refractivity contribution in [1.82, 2.24) is 10.2 Å². The Morgan fingerprint density at radius 1 is 1.19 bits per heavy atom. The molecule has 6 heteroatoms. The molecule has 2 aromatic rings. The first-order chi connectivity index (χ1) is 13.0. The average Bonchev–Trinajstić information content (AvgIpc) is 3.16. The third kappa shape index (κ3) is 5.23. The van der Waals surface area contributed by atoms with Crippen LogP contribution in [-0.4, -0.2) is 35.1 Å². The Morgan fingerprint density at radius 2 is 1.96 bits per heavy atom. The zero-order valence-electron chi connectivity index (χ0n) is 15.4. The maximum Gasteiger partial charge on any atom is 0.317 e. The zero-order chi connectivity index (χ0) is 19.2. The van der Waals surface area contributed by atoms with Crippen molar-refractivity contribution < 1.29 is 19.4 Å². The molecule has 2 amide bonds. The third-order valence-electron chi connectivity index (χ3n) is 4.68. The molecule has 1 aliphatic heterocycles. The second-order valence-corrected chi connectivity index (χ2v) is 6.85. The van der Waals surface area contributed by atoms with Crippen LogP contribution in [0.3, 0.4) is 0 Å². The van der Waals surface area contributed by atoms with Gasteiger partial charge in [-0.05, 0) is 36.6 Å². The van der Waals surface area contributed by atoms with Gasteiger partial charge in [-0.25, -0.2) is 4.79 Å². The van der Waals surface area contributed by atoms with Crippen LogP contribution < -0.4 is 10.1 Å². The molecule has 27 heavy (non-hydrogen) atoms. The van der Waals surface area contributed by atoms with Crippen LogP contribution in [0.4, 0.5) is 4.79 Å². The molecule has 1 heterocycles. The number of hydrogen-bond donors (Lipinski definition) is 2. The molecule has 6 nitrogen and oxygen atoms in total. The highest BCUT2D eigenvalue weighted by Gasteiger charge is 2.30. The smallest absolute Gasteiger partial charge is 0.317 e. The van der Waals surface area contributed by atoms with Gasteiger partial charge in [0.15, 0.2) is 0 Å². The van der Waals surface area contributed by atoms with Crippen molar-refractivity contribution in [1.29, 1.82) is 0 Å². The van der Waals surface area contributed by atoms with Gasteiger partial charge in [-0.3, -0.25) is 4.79 Å². The molecule has 0 bridgehead atoms. The van der Waals surface area contributed by atoms with E-state index in [1.54, 1.807) is 4.90 Å². The van der Waals surface area contributed by atoms with Crippen molar-refractivity contribution in [3.8, 4) is 5.75 Å². The summed E-state index contributed by atoms with van der Waals surface area (Å²) in [5, 5.41) is 11.8. The molecule has 0 radical (unpaired) electrons. The second kappa shape index (κ2) is 8.58. The van der Waals surface area contributed by atoms with Gasteiger partial charge in [-0.15, -0.1) is 0 Å². The highest BCUT2D eigenvalue weighted by Crippen LogP contribution is 2.17. The predicted molar refractivity (Wildman–Crippen MR) is 102 cm³/mol. The van der Waals surface area contributed by atoms with E-state index >= 15 is 0 Å². The molecule has 1 unspecified atom stereocenters. The summed E-state index contributed by atoms with van der Waals surface area (Å²) in [5.74, 6) is -0.525. The maximum atomic E-state index is 12.1. The van der Waals surface area contributed by atoms with Crippen molar-refractivity contribution in [3.05, 3.63) is 65.2 Å². The van der Waals surface area contributed by atoms with Crippen molar-refractivity contribution in [2.45, 2.75) is 26.5 Å². The fraction of sp³-hybridized carbons (Fsp3) is 0.333. The lowest BCUT2D eigenvalue weighted by Crippen LogP contribution is -2.38. The van der Waals surface area contributed by atoms with Gasteiger partial charge < -0.3 is 20.1 Å². The van der Waals surface area contributed by atoms with Gasteiger partial charge in [-0.1, -0.05) is 42.0 Å². The van der Waals surface area contributed by atoms with E-state index in [0.717, 1.165) is 16.9 Å². The van der Waals surface area contributed by atoms with Crippen LogP contribution in [0.15, 0.2) is 48.5 Å². The Balaban J connectivity index is 1.45. The van der Waals surface area contributed by atoms with E-state index in [9.17, 15) is 9.59 Å². The molecule has 2 aromatic carbocycles. The van der Waals surface area contributed by atoms with Crippen LogP contribution in [0.2, 0.25) is 0 Å². The molecule has 3 rings (SSSR count). The molecule has 142 valence electrons. The summed E-state index contributed by atoms with van der Waals surface area (Å²) in [7, 11) is 0.